The lowest BCUT2D eigenvalue weighted by molar-refractivity contribution is 0.0674. The van der Waals surface area contributed by atoms with Gasteiger partial charge < -0.3 is 4.42 Å². The van der Waals surface area contributed by atoms with Crippen LogP contribution < -0.4 is 5.56 Å². The van der Waals surface area contributed by atoms with Crippen molar-refractivity contribution in [2.24, 2.45) is 5.92 Å². The number of hydrogen-bond donors (Lipinski definition) is 0. The molecule has 0 N–H and O–H groups in total. The van der Waals surface area contributed by atoms with Crippen molar-refractivity contribution in [2.45, 2.75) is 57.5 Å². The van der Waals surface area contributed by atoms with Gasteiger partial charge in [0.25, 0.3) is 5.56 Å². The Kier molecular flexibility index (Phi) is 3.69. The normalized spacial score (nSPS) is 21.1. The summed E-state index contributed by atoms with van der Waals surface area (Å²) in [7, 11) is 0. The van der Waals surface area contributed by atoms with E-state index in [0.29, 0.717) is 30.8 Å². The first-order chi connectivity index (χ1) is 12.2. The van der Waals surface area contributed by atoms with E-state index in [-0.39, 0.29) is 5.56 Å². The van der Waals surface area contributed by atoms with E-state index in [1.807, 2.05) is 0 Å². The largest absolute Gasteiger partial charge is 0.424 e. The molecule has 3 aliphatic rings. The van der Waals surface area contributed by atoms with E-state index in [0.717, 1.165) is 43.1 Å². The monoisotopic (exact) mass is 341 g/mol. The van der Waals surface area contributed by atoms with Crippen LogP contribution in [0.4, 0.5) is 0 Å². The van der Waals surface area contributed by atoms with Crippen molar-refractivity contribution in [1.82, 2.24) is 24.9 Å². The zero-order valence-corrected chi connectivity index (χ0v) is 14.4. The van der Waals surface area contributed by atoms with E-state index in [1.54, 1.807) is 10.7 Å². The van der Waals surface area contributed by atoms with Crippen LogP contribution in [-0.4, -0.2) is 38.0 Å². The van der Waals surface area contributed by atoms with Gasteiger partial charge in [0.2, 0.25) is 11.8 Å². The van der Waals surface area contributed by atoms with Gasteiger partial charge >= 0.3 is 0 Å². The smallest absolute Gasteiger partial charge is 0.267 e. The number of nitrogens with zero attached hydrogens (tertiary/aromatic N) is 5. The van der Waals surface area contributed by atoms with Gasteiger partial charge in [-0.15, -0.1) is 10.2 Å². The molecule has 0 radical (unpaired) electrons. The number of hydrogen-bond acceptors (Lipinski definition) is 6. The highest BCUT2D eigenvalue weighted by Crippen LogP contribution is 2.39. The number of rotatable bonds is 5. The summed E-state index contributed by atoms with van der Waals surface area (Å²) in [5.74, 6) is 2.49. The van der Waals surface area contributed by atoms with Crippen LogP contribution in [0, 0.1) is 5.92 Å². The molecule has 0 bridgehead atoms. The zero-order chi connectivity index (χ0) is 16.8. The van der Waals surface area contributed by atoms with Crippen LogP contribution in [-0.2, 0) is 25.9 Å². The maximum atomic E-state index is 12.3. The topological polar surface area (TPSA) is 77.1 Å². The van der Waals surface area contributed by atoms with Gasteiger partial charge in [-0.1, -0.05) is 0 Å². The Bertz CT molecular complexity index is 832. The first-order valence-electron chi connectivity index (χ1n) is 9.39. The van der Waals surface area contributed by atoms with Crippen LogP contribution in [0.3, 0.4) is 0 Å². The molecule has 2 aliphatic carbocycles. The van der Waals surface area contributed by atoms with Gasteiger partial charge in [0.15, 0.2) is 0 Å². The highest BCUT2D eigenvalue weighted by Gasteiger charge is 2.32. The molecule has 5 rings (SSSR count). The molecule has 2 aromatic heterocycles. The molecule has 3 heterocycles. The van der Waals surface area contributed by atoms with Gasteiger partial charge in [-0.05, 0) is 44.1 Å². The number of aryl methyl sites for hydroxylation is 2. The molecule has 1 aliphatic heterocycles. The second kappa shape index (κ2) is 6.05. The minimum Gasteiger partial charge on any atom is -0.424 e. The highest BCUT2D eigenvalue weighted by atomic mass is 16.4. The third-order valence-electron chi connectivity index (χ3n) is 5.51. The summed E-state index contributed by atoms with van der Waals surface area (Å²) in [5.41, 5.74) is 2.33. The second-order valence-corrected chi connectivity index (χ2v) is 7.71. The van der Waals surface area contributed by atoms with Gasteiger partial charge in [-0.2, -0.15) is 5.10 Å². The second-order valence-electron chi connectivity index (χ2n) is 7.71. The molecule has 7 heteroatoms. The summed E-state index contributed by atoms with van der Waals surface area (Å²) in [6.07, 6.45) is 6.72. The van der Waals surface area contributed by atoms with Gasteiger partial charge in [-0.25, -0.2) is 4.68 Å². The number of aromatic nitrogens is 4. The van der Waals surface area contributed by atoms with Crippen LogP contribution in [0.25, 0.3) is 0 Å². The fraction of sp³-hybridized carbons (Fsp3) is 0.667. The average Bonchev–Trinajstić information content (AvgIpc) is 3.33. The Labute approximate surface area is 146 Å². The number of likely N-dealkylation sites (tertiary alicyclic amines) is 1. The van der Waals surface area contributed by atoms with Crippen molar-refractivity contribution < 1.29 is 4.42 Å². The molecule has 1 saturated heterocycles. The minimum atomic E-state index is 0.0464. The molecule has 0 aromatic carbocycles. The Morgan fingerprint density at radius 3 is 2.84 bits per heavy atom. The Morgan fingerprint density at radius 2 is 2.00 bits per heavy atom. The van der Waals surface area contributed by atoms with Crippen molar-refractivity contribution in [3.05, 3.63) is 39.5 Å². The number of fused-ring (bicyclic) bond motifs is 1. The summed E-state index contributed by atoms with van der Waals surface area (Å²) >= 11 is 0. The predicted octanol–water partition coefficient (Wildman–Crippen LogP) is 1.51. The van der Waals surface area contributed by atoms with Gasteiger partial charge in [0, 0.05) is 31.0 Å². The van der Waals surface area contributed by atoms with Crippen LogP contribution in [0.5, 0.6) is 0 Å². The zero-order valence-electron chi connectivity index (χ0n) is 14.4. The fourth-order valence-corrected chi connectivity index (χ4v) is 3.91. The summed E-state index contributed by atoms with van der Waals surface area (Å²) in [4.78, 5) is 14.6. The Hall–Kier alpha value is -2.02. The summed E-state index contributed by atoms with van der Waals surface area (Å²) in [5, 5.41) is 12.9. The van der Waals surface area contributed by atoms with E-state index in [9.17, 15) is 4.79 Å². The van der Waals surface area contributed by atoms with Gasteiger partial charge in [0.05, 0.1) is 18.8 Å². The van der Waals surface area contributed by atoms with Gasteiger partial charge in [0.1, 0.15) is 0 Å². The molecule has 0 atom stereocenters. The molecular weight excluding hydrogens is 318 g/mol. The fourth-order valence-electron chi connectivity index (χ4n) is 3.91. The predicted molar refractivity (Wildman–Crippen MR) is 90.2 cm³/mol. The molecule has 0 amide bonds. The summed E-state index contributed by atoms with van der Waals surface area (Å²) in [6.45, 7) is 3.32. The molecule has 0 unspecified atom stereocenters. The highest BCUT2D eigenvalue weighted by molar-refractivity contribution is 5.20. The van der Waals surface area contributed by atoms with Crippen molar-refractivity contribution in [3.8, 4) is 0 Å². The Morgan fingerprint density at radius 1 is 1.16 bits per heavy atom. The molecule has 2 aromatic rings. The first-order valence-corrected chi connectivity index (χ1v) is 9.39. The van der Waals surface area contributed by atoms with E-state index in [1.165, 1.54) is 25.7 Å². The molecule has 132 valence electrons. The Balaban J connectivity index is 1.17. The SMILES string of the molecule is O=c1cc2c(nn1CC1CN(Cc3nnc(C4CC4)o3)C1)CCCC2. The molecule has 25 heavy (non-hydrogen) atoms. The molecule has 0 spiro atoms. The van der Waals surface area contributed by atoms with Crippen LogP contribution in [0.15, 0.2) is 15.3 Å². The molecule has 7 nitrogen and oxygen atoms in total. The maximum Gasteiger partial charge on any atom is 0.267 e. The lowest BCUT2D eigenvalue weighted by atomic mass is 9.96. The van der Waals surface area contributed by atoms with Gasteiger partial charge in [-0.3, -0.25) is 9.69 Å². The lowest BCUT2D eigenvalue weighted by Crippen LogP contribution is -2.49. The lowest BCUT2D eigenvalue weighted by Gasteiger charge is -2.38. The van der Waals surface area contributed by atoms with Crippen molar-refractivity contribution in [1.29, 1.82) is 0 Å². The molecule has 2 fully saturated rings. The summed E-state index contributed by atoms with van der Waals surface area (Å²) in [6, 6.07) is 1.80. The van der Waals surface area contributed by atoms with E-state index in [2.05, 4.69) is 20.2 Å². The van der Waals surface area contributed by atoms with Crippen molar-refractivity contribution in [3.63, 3.8) is 0 Å². The first kappa shape index (κ1) is 15.3. The average molecular weight is 341 g/mol. The summed E-state index contributed by atoms with van der Waals surface area (Å²) < 4.78 is 7.39. The van der Waals surface area contributed by atoms with Crippen molar-refractivity contribution in [2.75, 3.05) is 13.1 Å². The molecule has 1 saturated carbocycles. The standard InChI is InChI=1S/C18H23N5O2/c24-17-7-14-3-1-2-4-15(14)21-23(17)10-12-8-22(9-12)11-16-19-20-18(25-16)13-5-6-13/h7,12-13H,1-6,8-11H2. The van der Waals surface area contributed by atoms with Crippen LogP contribution >= 0.6 is 0 Å². The molecular formula is C18H23N5O2. The van der Waals surface area contributed by atoms with E-state index >= 15 is 0 Å². The van der Waals surface area contributed by atoms with Crippen LogP contribution in [0.1, 0.15) is 54.6 Å². The van der Waals surface area contributed by atoms with Crippen LogP contribution in [0.2, 0.25) is 0 Å². The van der Waals surface area contributed by atoms with E-state index in [4.69, 9.17) is 4.42 Å². The minimum absolute atomic E-state index is 0.0464. The quantitative estimate of drug-likeness (QED) is 0.820. The third-order valence-corrected chi connectivity index (χ3v) is 5.51. The third kappa shape index (κ3) is 3.13. The van der Waals surface area contributed by atoms with E-state index < -0.39 is 0 Å². The maximum absolute atomic E-state index is 12.3. The van der Waals surface area contributed by atoms with Crippen molar-refractivity contribution >= 4 is 0 Å².